The summed E-state index contributed by atoms with van der Waals surface area (Å²) in [5, 5.41) is 11.5. The summed E-state index contributed by atoms with van der Waals surface area (Å²) >= 11 is 3.12. The van der Waals surface area contributed by atoms with Gasteiger partial charge in [0, 0.05) is 11.4 Å². The average Bonchev–Trinajstić information content (AvgIpc) is 2.62. The molecule has 0 atom stereocenters. The van der Waals surface area contributed by atoms with Gasteiger partial charge in [0.1, 0.15) is 4.38 Å². The van der Waals surface area contributed by atoms with E-state index in [-0.39, 0.29) is 5.91 Å². The van der Waals surface area contributed by atoms with Gasteiger partial charge in [-0.25, -0.2) is 4.99 Å². The number of fused-ring (bicyclic) bond motifs is 1. The molecular formula is C18H15N3OS2. The van der Waals surface area contributed by atoms with Gasteiger partial charge in [0.2, 0.25) is 5.91 Å². The first-order valence-corrected chi connectivity index (χ1v) is 9.39. The van der Waals surface area contributed by atoms with E-state index in [4.69, 9.17) is 5.26 Å². The van der Waals surface area contributed by atoms with Crippen LogP contribution >= 0.6 is 23.5 Å². The highest BCUT2D eigenvalue weighted by molar-refractivity contribution is 8.38. The van der Waals surface area contributed by atoms with Crippen molar-refractivity contribution < 1.29 is 4.79 Å². The van der Waals surface area contributed by atoms with E-state index in [9.17, 15) is 4.79 Å². The van der Waals surface area contributed by atoms with Gasteiger partial charge in [0.15, 0.2) is 0 Å². The molecule has 0 spiro atoms. The fourth-order valence-corrected chi connectivity index (χ4v) is 4.07. The van der Waals surface area contributed by atoms with Crippen molar-refractivity contribution >= 4 is 45.2 Å². The van der Waals surface area contributed by atoms with Crippen LogP contribution in [0.15, 0.2) is 53.5 Å². The minimum Gasteiger partial charge on any atom is -0.325 e. The minimum atomic E-state index is -0.0600. The summed E-state index contributed by atoms with van der Waals surface area (Å²) in [7, 11) is 0. The second-order valence-electron chi connectivity index (χ2n) is 5.16. The Morgan fingerprint density at radius 2 is 2.04 bits per heavy atom. The van der Waals surface area contributed by atoms with Gasteiger partial charge >= 0.3 is 0 Å². The smallest absolute Gasteiger partial charge is 0.234 e. The number of para-hydroxylation sites is 1. The molecule has 0 unspecified atom stereocenters. The van der Waals surface area contributed by atoms with E-state index in [2.05, 4.69) is 22.4 Å². The molecule has 24 heavy (non-hydrogen) atoms. The fourth-order valence-electron chi connectivity index (χ4n) is 2.21. The molecule has 1 N–H and O–H groups in total. The SMILES string of the molecule is N#CCc1ccc(NC(=O)CSC2=Nc3ccccc3CS2)cc1. The Balaban J connectivity index is 1.53. The summed E-state index contributed by atoms with van der Waals surface area (Å²) in [6.45, 7) is 0. The number of rotatable bonds is 4. The highest BCUT2D eigenvalue weighted by Crippen LogP contribution is 2.34. The van der Waals surface area contributed by atoms with Gasteiger partial charge in [0.05, 0.1) is 23.9 Å². The number of nitriles is 1. The number of hydrogen-bond acceptors (Lipinski definition) is 5. The quantitative estimate of drug-likeness (QED) is 0.887. The monoisotopic (exact) mass is 353 g/mol. The van der Waals surface area contributed by atoms with E-state index >= 15 is 0 Å². The Labute approximate surface area is 149 Å². The van der Waals surface area contributed by atoms with Gasteiger partial charge in [-0.15, -0.1) is 0 Å². The fraction of sp³-hybridized carbons (Fsp3) is 0.167. The van der Waals surface area contributed by atoms with Gasteiger partial charge in [-0.3, -0.25) is 4.79 Å². The summed E-state index contributed by atoms with van der Waals surface area (Å²) in [5.74, 6) is 1.16. The van der Waals surface area contributed by atoms with Crippen molar-refractivity contribution in [1.29, 1.82) is 5.26 Å². The summed E-state index contributed by atoms with van der Waals surface area (Å²) in [6.07, 6.45) is 0.378. The zero-order chi connectivity index (χ0) is 16.8. The number of carbonyl (C=O) groups excluding carboxylic acids is 1. The van der Waals surface area contributed by atoms with Crippen LogP contribution in [0.3, 0.4) is 0 Å². The normalized spacial score (nSPS) is 12.7. The van der Waals surface area contributed by atoms with Gasteiger partial charge < -0.3 is 5.32 Å². The van der Waals surface area contributed by atoms with Crippen molar-refractivity contribution in [2.75, 3.05) is 11.1 Å². The zero-order valence-corrected chi connectivity index (χ0v) is 14.5. The number of thioether (sulfide) groups is 2. The number of nitrogens with one attached hydrogen (secondary N) is 1. The molecule has 0 saturated heterocycles. The molecule has 2 aromatic carbocycles. The first kappa shape index (κ1) is 16.6. The third kappa shape index (κ3) is 4.40. The molecule has 0 fully saturated rings. The lowest BCUT2D eigenvalue weighted by atomic mass is 10.1. The summed E-state index contributed by atoms with van der Waals surface area (Å²) in [5.41, 5.74) is 3.91. The van der Waals surface area contributed by atoms with Crippen molar-refractivity contribution in [3.05, 3.63) is 59.7 Å². The van der Waals surface area contributed by atoms with Crippen LogP contribution in [0, 0.1) is 11.3 Å². The second-order valence-corrected chi connectivity index (χ2v) is 7.35. The Morgan fingerprint density at radius 1 is 1.25 bits per heavy atom. The molecule has 0 aliphatic carbocycles. The predicted octanol–water partition coefficient (Wildman–Crippen LogP) is 4.36. The predicted molar refractivity (Wildman–Crippen MR) is 102 cm³/mol. The average molecular weight is 353 g/mol. The maximum atomic E-state index is 12.1. The van der Waals surface area contributed by atoms with Crippen molar-refractivity contribution in [3.8, 4) is 6.07 Å². The maximum Gasteiger partial charge on any atom is 0.234 e. The van der Waals surface area contributed by atoms with E-state index in [1.807, 2.05) is 42.5 Å². The number of aliphatic imine (C=N–C) groups is 1. The van der Waals surface area contributed by atoms with Crippen molar-refractivity contribution in [3.63, 3.8) is 0 Å². The number of nitrogens with zero attached hydrogens (tertiary/aromatic N) is 2. The molecule has 6 heteroatoms. The maximum absolute atomic E-state index is 12.1. The Bertz CT molecular complexity index is 810. The molecule has 2 aromatic rings. The molecule has 0 saturated carbocycles. The van der Waals surface area contributed by atoms with Gasteiger partial charge in [-0.2, -0.15) is 5.26 Å². The molecule has 120 valence electrons. The van der Waals surface area contributed by atoms with E-state index in [0.29, 0.717) is 12.2 Å². The molecule has 0 aromatic heterocycles. The van der Waals surface area contributed by atoms with Gasteiger partial charge in [-0.05, 0) is 29.3 Å². The molecule has 3 rings (SSSR count). The van der Waals surface area contributed by atoms with Crippen LogP contribution in [0.1, 0.15) is 11.1 Å². The first-order chi connectivity index (χ1) is 11.7. The Morgan fingerprint density at radius 3 is 2.83 bits per heavy atom. The molecular weight excluding hydrogens is 338 g/mol. The molecule has 1 aliphatic rings. The topological polar surface area (TPSA) is 65.2 Å². The van der Waals surface area contributed by atoms with Crippen molar-refractivity contribution in [1.82, 2.24) is 0 Å². The molecule has 1 amide bonds. The molecule has 0 bridgehead atoms. The second kappa shape index (κ2) is 8.04. The Hall–Kier alpha value is -2.23. The first-order valence-electron chi connectivity index (χ1n) is 7.42. The minimum absolute atomic E-state index is 0.0600. The third-order valence-electron chi connectivity index (χ3n) is 3.40. The number of carbonyl (C=O) groups is 1. The van der Waals surface area contributed by atoms with E-state index in [1.54, 1.807) is 11.8 Å². The molecule has 4 nitrogen and oxygen atoms in total. The van der Waals surface area contributed by atoms with Crippen LogP contribution in [-0.2, 0) is 17.0 Å². The number of hydrogen-bond donors (Lipinski definition) is 1. The highest BCUT2D eigenvalue weighted by Gasteiger charge is 2.14. The van der Waals surface area contributed by atoms with Gasteiger partial charge in [0.25, 0.3) is 0 Å². The zero-order valence-electron chi connectivity index (χ0n) is 12.9. The van der Waals surface area contributed by atoms with Crippen molar-refractivity contribution in [2.24, 2.45) is 4.99 Å². The van der Waals surface area contributed by atoms with Crippen LogP contribution in [0.4, 0.5) is 11.4 Å². The van der Waals surface area contributed by atoms with Crippen LogP contribution < -0.4 is 5.32 Å². The summed E-state index contributed by atoms with van der Waals surface area (Å²) in [4.78, 5) is 16.7. The van der Waals surface area contributed by atoms with E-state index in [0.717, 1.165) is 27.1 Å². The van der Waals surface area contributed by atoms with Gasteiger partial charge in [-0.1, -0.05) is 53.9 Å². The lowest BCUT2D eigenvalue weighted by Gasteiger charge is -2.14. The van der Waals surface area contributed by atoms with Crippen LogP contribution in [-0.4, -0.2) is 16.0 Å². The molecule has 1 aliphatic heterocycles. The lowest BCUT2D eigenvalue weighted by molar-refractivity contribution is -0.113. The van der Waals surface area contributed by atoms with Crippen LogP contribution in [0.2, 0.25) is 0 Å². The van der Waals surface area contributed by atoms with Crippen molar-refractivity contribution in [2.45, 2.75) is 12.2 Å². The lowest BCUT2D eigenvalue weighted by Crippen LogP contribution is -2.15. The molecule has 1 heterocycles. The molecule has 0 radical (unpaired) electrons. The van der Waals surface area contributed by atoms with E-state index < -0.39 is 0 Å². The summed E-state index contributed by atoms with van der Waals surface area (Å²) in [6, 6.07) is 17.5. The number of benzene rings is 2. The van der Waals surface area contributed by atoms with E-state index in [1.165, 1.54) is 17.3 Å². The Kier molecular flexibility index (Phi) is 5.57. The summed E-state index contributed by atoms with van der Waals surface area (Å²) < 4.78 is 0.924. The highest BCUT2D eigenvalue weighted by atomic mass is 32.2. The van der Waals surface area contributed by atoms with Crippen LogP contribution in [0.5, 0.6) is 0 Å². The van der Waals surface area contributed by atoms with Crippen LogP contribution in [0.25, 0.3) is 0 Å². The largest absolute Gasteiger partial charge is 0.325 e. The number of amides is 1. The number of anilines is 1. The third-order valence-corrected chi connectivity index (χ3v) is 5.65. The standard InChI is InChI=1S/C18H15N3OS2/c19-10-9-13-5-7-15(8-6-13)20-17(22)12-24-18-21-16-4-2-1-3-14(16)11-23-18/h1-8H,9,11-12H2,(H,20,22).